The molecule has 0 saturated carbocycles. The predicted octanol–water partition coefficient (Wildman–Crippen LogP) is 1.21. The molecular weight excluding hydrogens is 308 g/mol. The van der Waals surface area contributed by atoms with Crippen LogP contribution in [0.4, 0.5) is 5.69 Å². The molecule has 116 valence electrons. The minimum atomic E-state index is -3.36. The Balaban J connectivity index is 1.94. The van der Waals surface area contributed by atoms with Gasteiger partial charge in [-0.1, -0.05) is 6.07 Å². The third-order valence-corrected chi connectivity index (χ3v) is 3.81. The first kappa shape index (κ1) is 15.8. The van der Waals surface area contributed by atoms with Gasteiger partial charge in [0.1, 0.15) is 5.69 Å². The molecule has 0 atom stereocenters. The zero-order chi connectivity index (χ0) is 16.2. The molecule has 1 heterocycles. The van der Waals surface area contributed by atoms with Crippen molar-refractivity contribution in [2.45, 2.75) is 4.90 Å². The van der Waals surface area contributed by atoms with E-state index in [0.717, 1.165) is 6.26 Å². The highest BCUT2D eigenvalue weighted by Gasteiger charge is 2.12. The number of rotatable bonds is 5. The first-order valence-corrected chi connectivity index (χ1v) is 8.16. The molecule has 0 aliphatic heterocycles. The number of anilines is 1. The van der Waals surface area contributed by atoms with E-state index in [1.54, 1.807) is 18.3 Å². The van der Waals surface area contributed by atoms with Gasteiger partial charge in [-0.25, -0.2) is 13.2 Å². The van der Waals surface area contributed by atoms with Gasteiger partial charge in [0.2, 0.25) is 0 Å². The van der Waals surface area contributed by atoms with Crippen molar-refractivity contribution >= 4 is 27.4 Å². The number of amides is 1. The minimum absolute atomic E-state index is 0.0914. The molecule has 22 heavy (non-hydrogen) atoms. The number of carbonyl (C=O) groups excluding carboxylic acids is 2. The van der Waals surface area contributed by atoms with Gasteiger partial charge in [-0.15, -0.1) is 0 Å². The van der Waals surface area contributed by atoms with Crippen LogP contribution in [0.3, 0.4) is 0 Å². The van der Waals surface area contributed by atoms with Crippen LogP contribution in [-0.2, 0) is 19.4 Å². The van der Waals surface area contributed by atoms with E-state index in [9.17, 15) is 18.0 Å². The molecule has 0 unspecified atom stereocenters. The summed E-state index contributed by atoms with van der Waals surface area (Å²) in [6.07, 6.45) is 2.64. The fourth-order valence-electron chi connectivity index (χ4n) is 1.67. The lowest BCUT2D eigenvalue weighted by Crippen LogP contribution is -2.21. The van der Waals surface area contributed by atoms with Gasteiger partial charge in [0.25, 0.3) is 5.91 Å². The second-order valence-corrected chi connectivity index (χ2v) is 6.52. The Hall–Kier alpha value is -2.61. The number of hydrogen-bond acceptors (Lipinski definition) is 5. The van der Waals surface area contributed by atoms with Gasteiger partial charge in [0, 0.05) is 18.1 Å². The van der Waals surface area contributed by atoms with E-state index in [2.05, 4.69) is 10.3 Å². The van der Waals surface area contributed by atoms with Crippen molar-refractivity contribution in [1.29, 1.82) is 0 Å². The molecule has 0 spiro atoms. The summed E-state index contributed by atoms with van der Waals surface area (Å²) in [6, 6.07) is 8.97. The third kappa shape index (κ3) is 4.19. The molecule has 2 aromatic rings. The lowest BCUT2D eigenvalue weighted by Gasteiger charge is -2.07. The molecule has 1 aromatic heterocycles. The number of carbonyl (C=O) groups is 2. The Bertz CT molecular complexity index is 781. The summed E-state index contributed by atoms with van der Waals surface area (Å²) in [7, 11) is -3.36. The number of aromatic nitrogens is 1. The van der Waals surface area contributed by atoms with Gasteiger partial charge in [0.05, 0.1) is 4.90 Å². The number of esters is 1. The average molecular weight is 322 g/mol. The van der Waals surface area contributed by atoms with Crippen molar-refractivity contribution in [3.8, 4) is 0 Å². The normalized spacial score (nSPS) is 11.0. The average Bonchev–Trinajstić information content (AvgIpc) is 2.98. The smallest absolute Gasteiger partial charge is 0.355 e. The van der Waals surface area contributed by atoms with E-state index in [1.165, 1.54) is 24.3 Å². The van der Waals surface area contributed by atoms with Crippen molar-refractivity contribution in [2.75, 3.05) is 18.2 Å². The van der Waals surface area contributed by atoms with Crippen LogP contribution in [0.5, 0.6) is 0 Å². The van der Waals surface area contributed by atoms with Crippen molar-refractivity contribution in [3.63, 3.8) is 0 Å². The molecule has 0 saturated heterocycles. The largest absolute Gasteiger partial charge is 0.451 e. The Labute approximate surface area is 127 Å². The minimum Gasteiger partial charge on any atom is -0.451 e. The molecule has 0 fully saturated rings. The third-order valence-electron chi connectivity index (χ3n) is 2.70. The monoisotopic (exact) mass is 322 g/mol. The maximum Gasteiger partial charge on any atom is 0.355 e. The summed E-state index contributed by atoms with van der Waals surface area (Å²) in [5.41, 5.74) is 0.552. The van der Waals surface area contributed by atoms with Crippen LogP contribution in [0.1, 0.15) is 10.5 Å². The van der Waals surface area contributed by atoms with Crippen LogP contribution in [0.15, 0.2) is 47.5 Å². The summed E-state index contributed by atoms with van der Waals surface area (Å²) in [6.45, 7) is -0.471. The molecule has 7 nitrogen and oxygen atoms in total. The van der Waals surface area contributed by atoms with Gasteiger partial charge in [0.15, 0.2) is 16.4 Å². The molecule has 1 aromatic carbocycles. The van der Waals surface area contributed by atoms with Crippen LogP contribution in [0.25, 0.3) is 0 Å². The topological polar surface area (TPSA) is 105 Å². The number of ether oxygens (including phenoxy) is 1. The molecule has 0 radical (unpaired) electrons. The van der Waals surface area contributed by atoms with Crippen molar-refractivity contribution < 1.29 is 22.7 Å². The Morgan fingerprint density at radius 3 is 2.64 bits per heavy atom. The Morgan fingerprint density at radius 2 is 2.00 bits per heavy atom. The van der Waals surface area contributed by atoms with E-state index in [4.69, 9.17) is 4.74 Å². The Morgan fingerprint density at radius 1 is 1.23 bits per heavy atom. The van der Waals surface area contributed by atoms with Gasteiger partial charge >= 0.3 is 5.97 Å². The van der Waals surface area contributed by atoms with Crippen LogP contribution in [0, 0.1) is 0 Å². The number of benzene rings is 1. The number of H-pyrrole nitrogens is 1. The maximum absolute atomic E-state index is 11.7. The van der Waals surface area contributed by atoms with Crippen molar-refractivity contribution in [1.82, 2.24) is 4.98 Å². The van der Waals surface area contributed by atoms with Gasteiger partial charge in [-0.3, -0.25) is 4.79 Å². The molecule has 0 bridgehead atoms. The quantitative estimate of drug-likeness (QED) is 0.805. The summed E-state index contributed by atoms with van der Waals surface area (Å²) in [5.74, 6) is -1.21. The first-order valence-electron chi connectivity index (χ1n) is 6.27. The van der Waals surface area contributed by atoms with Gasteiger partial charge in [-0.2, -0.15) is 0 Å². The lowest BCUT2D eigenvalue weighted by atomic mass is 10.3. The predicted molar refractivity (Wildman–Crippen MR) is 79.3 cm³/mol. The maximum atomic E-state index is 11.7. The number of sulfone groups is 1. The number of aromatic amines is 1. The van der Waals surface area contributed by atoms with Crippen LogP contribution in [-0.4, -0.2) is 38.1 Å². The molecule has 0 aliphatic rings. The molecular formula is C14H14N2O5S. The number of hydrogen-bond donors (Lipinski definition) is 2. The second-order valence-electron chi connectivity index (χ2n) is 4.51. The highest BCUT2D eigenvalue weighted by molar-refractivity contribution is 7.90. The van der Waals surface area contributed by atoms with Crippen LogP contribution in [0.2, 0.25) is 0 Å². The summed E-state index contributed by atoms with van der Waals surface area (Å²) in [4.78, 5) is 26.0. The van der Waals surface area contributed by atoms with Crippen LogP contribution < -0.4 is 5.32 Å². The molecule has 2 N–H and O–H groups in total. The van der Waals surface area contributed by atoms with E-state index < -0.39 is 28.3 Å². The zero-order valence-electron chi connectivity index (χ0n) is 11.7. The first-order chi connectivity index (χ1) is 10.4. The summed E-state index contributed by atoms with van der Waals surface area (Å²) >= 11 is 0. The Kier molecular flexibility index (Phi) is 4.62. The fourth-order valence-corrected chi connectivity index (χ4v) is 2.33. The van der Waals surface area contributed by atoms with E-state index in [1.807, 2.05) is 0 Å². The summed E-state index contributed by atoms with van der Waals surface area (Å²) < 4.78 is 27.7. The zero-order valence-corrected chi connectivity index (χ0v) is 12.5. The second kappa shape index (κ2) is 6.44. The SMILES string of the molecule is CS(=O)(=O)c1cccc(NC(=O)COC(=O)c2ccc[nH]2)c1. The summed E-state index contributed by atoms with van der Waals surface area (Å²) in [5, 5.41) is 2.46. The lowest BCUT2D eigenvalue weighted by molar-refractivity contribution is -0.119. The molecule has 2 rings (SSSR count). The highest BCUT2D eigenvalue weighted by Crippen LogP contribution is 2.15. The van der Waals surface area contributed by atoms with E-state index in [-0.39, 0.29) is 10.6 Å². The number of nitrogens with one attached hydrogen (secondary N) is 2. The molecule has 0 aliphatic carbocycles. The van der Waals surface area contributed by atoms with Crippen LogP contribution >= 0.6 is 0 Å². The molecule has 8 heteroatoms. The highest BCUT2D eigenvalue weighted by atomic mass is 32.2. The van der Waals surface area contributed by atoms with E-state index in [0.29, 0.717) is 5.69 Å². The van der Waals surface area contributed by atoms with E-state index >= 15 is 0 Å². The van der Waals surface area contributed by atoms with Crippen molar-refractivity contribution in [2.24, 2.45) is 0 Å². The molecule has 1 amide bonds. The van der Waals surface area contributed by atoms with Gasteiger partial charge in [-0.05, 0) is 30.3 Å². The van der Waals surface area contributed by atoms with Gasteiger partial charge < -0.3 is 15.0 Å². The standard InChI is InChI=1S/C14H14N2O5S/c1-22(19,20)11-5-2-4-10(8-11)16-13(17)9-21-14(18)12-6-3-7-15-12/h2-8,15H,9H2,1H3,(H,16,17). The fraction of sp³-hybridized carbons (Fsp3) is 0.143. The van der Waals surface area contributed by atoms with Crippen molar-refractivity contribution in [3.05, 3.63) is 48.3 Å².